The fourth-order valence-electron chi connectivity index (χ4n) is 2.78. The molecule has 0 atom stereocenters. The molecule has 1 saturated carbocycles. The van der Waals surface area contributed by atoms with Gasteiger partial charge < -0.3 is 9.84 Å². The van der Waals surface area contributed by atoms with Crippen LogP contribution in [-0.4, -0.2) is 23.6 Å². The van der Waals surface area contributed by atoms with Gasteiger partial charge in [-0.2, -0.15) is 0 Å². The highest BCUT2D eigenvalue weighted by Gasteiger charge is 2.35. The highest BCUT2D eigenvalue weighted by atomic mass is 19.1. The van der Waals surface area contributed by atoms with Gasteiger partial charge in [-0.05, 0) is 24.5 Å². The van der Waals surface area contributed by atoms with E-state index >= 15 is 0 Å². The van der Waals surface area contributed by atoms with Gasteiger partial charge in [-0.15, -0.1) is 0 Å². The molecule has 2 rings (SSSR count). The summed E-state index contributed by atoms with van der Waals surface area (Å²) in [4.78, 5) is 12.3. The molecule has 0 spiro atoms. The Morgan fingerprint density at radius 2 is 1.95 bits per heavy atom. The van der Waals surface area contributed by atoms with Crippen LogP contribution in [0, 0.1) is 5.82 Å². The predicted octanol–water partition coefficient (Wildman–Crippen LogP) is 3.03. The van der Waals surface area contributed by atoms with Crippen molar-refractivity contribution in [3.8, 4) is 5.75 Å². The lowest BCUT2D eigenvalue weighted by Crippen LogP contribution is -2.39. The van der Waals surface area contributed by atoms with E-state index in [4.69, 9.17) is 4.74 Å². The number of hydrogen-bond acceptors (Lipinski definition) is 3. The standard InChI is InChI=1S/C16H21FO3/c1-20-13-8-6-7-12(15(13)17)11-14(18)16(19)9-4-2-3-5-10-16/h6-8,19H,2-5,9-11H2,1H3. The molecule has 0 bridgehead atoms. The Bertz CT molecular complexity index is 477. The van der Waals surface area contributed by atoms with Gasteiger partial charge in [0.05, 0.1) is 7.11 Å². The molecule has 0 heterocycles. The normalized spacial score (nSPS) is 18.4. The zero-order chi connectivity index (χ0) is 14.6. The van der Waals surface area contributed by atoms with Crippen LogP contribution in [0.1, 0.15) is 44.1 Å². The zero-order valence-electron chi connectivity index (χ0n) is 11.8. The Hall–Kier alpha value is -1.42. The minimum Gasteiger partial charge on any atom is -0.494 e. The van der Waals surface area contributed by atoms with Crippen LogP contribution >= 0.6 is 0 Å². The van der Waals surface area contributed by atoms with Gasteiger partial charge in [0.1, 0.15) is 5.60 Å². The van der Waals surface area contributed by atoms with Crippen LogP contribution in [0.25, 0.3) is 0 Å². The number of Topliss-reactive ketones (excluding diaryl/α,β-unsaturated/α-hetero) is 1. The van der Waals surface area contributed by atoms with Crippen LogP contribution in [0.5, 0.6) is 5.75 Å². The van der Waals surface area contributed by atoms with Gasteiger partial charge in [-0.1, -0.05) is 37.8 Å². The van der Waals surface area contributed by atoms with Crippen molar-refractivity contribution in [1.29, 1.82) is 0 Å². The summed E-state index contributed by atoms with van der Waals surface area (Å²) in [5, 5.41) is 10.5. The van der Waals surface area contributed by atoms with Crippen molar-refractivity contribution in [2.45, 2.75) is 50.5 Å². The van der Waals surface area contributed by atoms with Crippen molar-refractivity contribution in [2.24, 2.45) is 0 Å². The number of carbonyl (C=O) groups is 1. The Kier molecular flexibility index (Phi) is 4.76. The molecule has 1 aliphatic carbocycles. The van der Waals surface area contributed by atoms with E-state index < -0.39 is 11.4 Å². The van der Waals surface area contributed by atoms with E-state index in [1.807, 2.05) is 0 Å². The van der Waals surface area contributed by atoms with Gasteiger partial charge in [0.25, 0.3) is 0 Å². The Balaban J connectivity index is 2.14. The molecule has 1 N–H and O–H groups in total. The summed E-state index contributed by atoms with van der Waals surface area (Å²) < 4.78 is 19.0. The molecular formula is C16H21FO3. The molecule has 0 radical (unpaired) electrons. The molecule has 110 valence electrons. The molecule has 0 unspecified atom stereocenters. The van der Waals surface area contributed by atoms with Crippen LogP contribution < -0.4 is 4.74 Å². The van der Waals surface area contributed by atoms with Crippen molar-refractivity contribution < 1.29 is 19.0 Å². The Labute approximate surface area is 118 Å². The molecule has 20 heavy (non-hydrogen) atoms. The van der Waals surface area contributed by atoms with Crippen LogP contribution in [0.2, 0.25) is 0 Å². The van der Waals surface area contributed by atoms with E-state index in [0.29, 0.717) is 12.8 Å². The van der Waals surface area contributed by atoms with Gasteiger partial charge in [0, 0.05) is 6.42 Å². The average molecular weight is 280 g/mol. The van der Waals surface area contributed by atoms with Crippen LogP contribution in [0.4, 0.5) is 4.39 Å². The van der Waals surface area contributed by atoms with E-state index in [0.717, 1.165) is 25.7 Å². The molecule has 1 aromatic carbocycles. The Morgan fingerprint density at radius 3 is 2.55 bits per heavy atom. The third kappa shape index (κ3) is 3.18. The van der Waals surface area contributed by atoms with Crippen molar-refractivity contribution in [2.75, 3.05) is 7.11 Å². The van der Waals surface area contributed by atoms with Crippen molar-refractivity contribution in [1.82, 2.24) is 0 Å². The molecule has 3 nitrogen and oxygen atoms in total. The molecule has 0 aliphatic heterocycles. The molecule has 4 heteroatoms. The third-order valence-corrected chi connectivity index (χ3v) is 4.06. The number of halogens is 1. The van der Waals surface area contributed by atoms with Crippen molar-refractivity contribution in [3.05, 3.63) is 29.6 Å². The van der Waals surface area contributed by atoms with Gasteiger partial charge in [-0.25, -0.2) is 4.39 Å². The van der Waals surface area contributed by atoms with Gasteiger partial charge in [-0.3, -0.25) is 4.79 Å². The van der Waals surface area contributed by atoms with Gasteiger partial charge >= 0.3 is 0 Å². The lowest BCUT2D eigenvalue weighted by molar-refractivity contribution is -0.138. The number of ketones is 1. The third-order valence-electron chi connectivity index (χ3n) is 4.06. The number of methoxy groups -OCH3 is 1. The molecule has 1 fully saturated rings. The summed E-state index contributed by atoms with van der Waals surface area (Å²) >= 11 is 0. The maximum absolute atomic E-state index is 14.0. The average Bonchev–Trinajstić information content (AvgIpc) is 2.67. The lowest BCUT2D eigenvalue weighted by Gasteiger charge is -2.25. The predicted molar refractivity (Wildman–Crippen MR) is 74.3 cm³/mol. The number of ether oxygens (including phenoxy) is 1. The van der Waals surface area contributed by atoms with Crippen LogP contribution in [-0.2, 0) is 11.2 Å². The lowest BCUT2D eigenvalue weighted by atomic mass is 9.86. The Morgan fingerprint density at radius 1 is 1.30 bits per heavy atom. The quantitative estimate of drug-likeness (QED) is 0.862. The van der Waals surface area contributed by atoms with E-state index in [2.05, 4.69) is 0 Å². The monoisotopic (exact) mass is 280 g/mol. The number of carbonyl (C=O) groups excluding carboxylic acids is 1. The maximum Gasteiger partial charge on any atom is 0.168 e. The summed E-state index contributed by atoms with van der Waals surface area (Å²) in [6.45, 7) is 0. The minimum atomic E-state index is -1.29. The van der Waals surface area contributed by atoms with Crippen molar-refractivity contribution in [3.63, 3.8) is 0 Å². The van der Waals surface area contributed by atoms with E-state index in [9.17, 15) is 14.3 Å². The largest absolute Gasteiger partial charge is 0.494 e. The summed E-state index contributed by atoms with van der Waals surface area (Å²) in [6.07, 6.45) is 4.67. The maximum atomic E-state index is 14.0. The van der Waals surface area contributed by atoms with Crippen LogP contribution in [0.15, 0.2) is 18.2 Å². The van der Waals surface area contributed by atoms with E-state index in [1.54, 1.807) is 12.1 Å². The molecule has 0 aromatic heterocycles. The van der Waals surface area contributed by atoms with E-state index in [1.165, 1.54) is 13.2 Å². The second-order valence-electron chi connectivity index (χ2n) is 5.48. The number of benzene rings is 1. The van der Waals surface area contributed by atoms with Crippen LogP contribution in [0.3, 0.4) is 0 Å². The topological polar surface area (TPSA) is 46.5 Å². The summed E-state index contributed by atoms with van der Waals surface area (Å²) in [5.74, 6) is -0.671. The second-order valence-corrected chi connectivity index (χ2v) is 5.48. The highest BCUT2D eigenvalue weighted by Crippen LogP contribution is 2.30. The first-order valence-electron chi connectivity index (χ1n) is 7.14. The van der Waals surface area contributed by atoms with E-state index in [-0.39, 0.29) is 23.5 Å². The second kappa shape index (κ2) is 6.35. The fraction of sp³-hybridized carbons (Fsp3) is 0.562. The SMILES string of the molecule is COc1cccc(CC(=O)C2(O)CCCCCC2)c1F. The molecule has 1 aromatic rings. The van der Waals surface area contributed by atoms with Gasteiger partial charge in [0.15, 0.2) is 17.3 Å². The zero-order valence-corrected chi connectivity index (χ0v) is 11.8. The number of hydrogen-bond donors (Lipinski definition) is 1. The highest BCUT2D eigenvalue weighted by molar-refractivity contribution is 5.89. The van der Waals surface area contributed by atoms with Crippen molar-refractivity contribution >= 4 is 5.78 Å². The first kappa shape index (κ1) is 15.0. The summed E-state index contributed by atoms with van der Waals surface area (Å²) in [5.41, 5.74) is -1.00. The smallest absolute Gasteiger partial charge is 0.168 e. The van der Waals surface area contributed by atoms with Gasteiger partial charge in [0.2, 0.25) is 0 Å². The minimum absolute atomic E-state index is 0.0838. The molecule has 1 aliphatic rings. The molecule has 0 amide bonds. The number of rotatable bonds is 4. The molecule has 0 saturated heterocycles. The fourth-order valence-corrected chi connectivity index (χ4v) is 2.78. The summed E-state index contributed by atoms with van der Waals surface area (Å²) in [6, 6.07) is 4.74. The first-order valence-corrected chi connectivity index (χ1v) is 7.14. The number of aliphatic hydroxyl groups is 1. The molecular weight excluding hydrogens is 259 g/mol. The first-order chi connectivity index (χ1) is 9.57. The summed E-state index contributed by atoms with van der Waals surface area (Å²) in [7, 11) is 1.39.